The third-order valence-corrected chi connectivity index (χ3v) is 1.50. The Kier molecular flexibility index (Phi) is 3.37. The van der Waals surface area contributed by atoms with Crippen molar-refractivity contribution in [1.29, 1.82) is 0 Å². The number of alkyl halides is 1. The predicted octanol–water partition coefficient (Wildman–Crippen LogP) is 1.66. The largest absolute Gasteiger partial charge is 0.462 e. The smallest absolute Gasteiger partial charge is 0.302 e. The summed E-state index contributed by atoms with van der Waals surface area (Å²) in [7, 11) is 0. The lowest BCUT2D eigenvalue weighted by atomic mass is 10.2. The van der Waals surface area contributed by atoms with Gasteiger partial charge < -0.3 is 4.74 Å². The maximum absolute atomic E-state index is 13.2. The summed E-state index contributed by atoms with van der Waals surface area (Å²) in [5, 5.41) is 0. The van der Waals surface area contributed by atoms with E-state index >= 15 is 0 Å². The Bertz CT molecular complexity index is 276. The van der Waals surface area contributed by atoms with E-state index in [1.54, 1.807) is 12.1 Å². The number of esters is 1. The van der Waals surface area contributed by atoms with Crippen LogP contribution in [-0.4, -0.2) is 17.6 Å². The van der Waals surface area contributed by atoms with Gasteiger partial charge in [0.2, 0.25) is 0 Å². The van der Waals surface area contributed by atoms with E-state index in [-0.39, 0.29) is 6.61 Å². The van der Waals surface area contributed by atoms with E-state index in [1.807, 2.05) is 0 Å². The SMILES string of the molecule is CC(=O)OCC(F)c1ccncc1. The van der Waals surface area contributed by atoms with Crippen LogP contribution in [0.15, 0.2) is 24.5 Å². The first kappa shape index (κ1) is 9.64. The van der Waals surface area contributed by atoms with Crippen LogP contribution in [0.1, 0.15) is 18.7 Å². The van der Waals surface area contributed by atoms with E-state index in [0.717, 1.165) is 0 Å². The van der Waals surface area contributed by atoms with Crippen molar-refractivity contribution in [2.24, 2.45) is 0 Å². The summed E-state index contributed by atoms with van der Waals surface area (Å²) in [5.41, 5.74) is 0.469. The van der Waals surface area contributed by atoms with Gasteiger partial charge in [-0.1, -0.05) is 0 Å². The summed E-state index contributed by atoms with van der Waals surface area (Å²) in [6.07, 6.45) is 1.72. The molecule has 4 heteroatoms. The van der Waals surface area contributed by atoms with Gasteiger partial charge in [-0.05, 0) is 17.7 Å². The number of rotatable bonds is 3. The molecule has 13 heavy (non-hydrogen) atoms. The average molecular weight is 183 g/mol. The van der Waals surface area contributed by atoms with Gasteiger partial charge in [-0.15, -0.1) is 0 Å². The van der Waals surface area contributed by atoms with E-state index in [4.69, 9.17) is 0 Å². The second kappa shape index (κ2) is 4.54. The molecule has 0 bridgehead atoms. The van der Waals surface area contributed by atoms with Gasteiger partial charge in [0.25, 0.3) is 0 Å². The molecule has 0 saturated heterocycles. The normalized spacial score (nSPS) is 12.2. The number of hydrogen-bond donors (Lipinski definition) is 0. The monoisotopic (exact) mass is 183 g/mol. The molecule has 1 rings (SSSR count). The molecule has 0 N–H and O–H groups in total. The lowest BCUT2D eigenvalue weighted by Crippen LogP contribution is -2.06. The molecule has 0 amide bonds. The number of hydrogen-bond acceptors (Lipinski definition) is 3. The highest BCUT2D eigenvalue weighted by atomic mass is 19.1. The maximum Gasteiger partial charge on any atom is 0.302 e. The van der Waals surface area contributed by atoms with Crippen molar-refractivity contribution in [3.8, 4) is 0 Å². The van der Waals surface area contributed by atoms with Gasteiger partial charge in [0.1, 0.15) is 6.61 Å². The number of halogens is 1. The number of nitrogens with zero attached hydrogens (tertiary/aromatic N) is 1. The van der Waals surface area contributed by atoms with Crippen LogP contribution in [0.2, 0.25) is 0 Å². The van der Waals surface area contributed by atoms with Crippen molar-refractivity contribution in [3.63, 3.8) is 0 Å². The van der Waals surface area contributed by atoms with Crippen molar-refractivity contribution in [2.45, 2.75) is 13.1 Å². The summed E-state index contributed by atoms with van der Waals surface area (Å²) in [5.74, 6) is -0.475. The summed E-state index contributed by atoms with van der Waals surface area (Å²) in [6.45, 7) is 1.01. The Labute approximate surface area is 75.6 Å². The third kappa shape index (κ3) is 3.19. The molecule has 1 atom stereocenters. The number of carbonyl (C=O) groups is 1. The Morgan fingerprint density at radius 2 is 2.23 bits per heavy atom. The molecule has 1 aromatic heterocycles. The van der Waals surface area contributed by atoms with Gasteiger partial charge in [0, 0.05) is 19.3 Å². The zero-order chi connectivity index (χ0) is 9.68. The minimum absolute atomic E-state index is 0.237. The first-order valence-corrected chi connectivity index (χ1v) is 3.87. The molecule has 0 spiro atoms. The molecule has 0 aliphatic carbocycles. The van der Waals surface area contributed by atoms with Crippen LogP contribution < -0.4 is 0 Å². The van der Waals surface area contributed by atoms with Gasteiger partial charge in [-0.3, -0.25) is 9.78 Å². The quantitative estimate of drug-likeness (QED) is 0.669. The molecule has 1 unspecified atom stereocenters. The van der Waals surface area contributed by atoms with Crippen LogP contribution in [0.4, 0.5) is 4.39 Å². The molecule has 0 fully saturated rings. The summed E-state index contributed by atoms with van der Waals surface area (Å²) < 4.78 is 17.7. The van der Waals surface area contributed by atoms with Crippen LogP contribution in [0.3, 0.4) is 0 Å². The Hall–Kier alpha value is -1.45. The Morgan fingerprint density at radius 3 is 2.77 bits per heavy atom. The number of carbonyl (C=O) groups excluding carboxylic acids is 1. The lowest BCUT2D eigenvalue weighted by molar-refractivity contribution is -0.142. The lowest BCUT2D eigenvalue weighted by Gasteiger charge is -2.07. The standard InChI is InChI=1S/C9H10FNO2/c1-7(12)13-6-9(10)8-2-4-11-5-3-8/h2-5,9H,6H2,1H3. The fourth-order valence-electron chi connectivity index (χ4n) is 0.859. The van der Waals surface area contributed by atoms with Crippen LogP contribution in [-0.2, 0) is 9.53 Å². The highest BCUT2D eigenvalue weighted by Gasteiger charge is 2.10. The first-order valence-electron chi connectivity index (χ1n) is 3.87. The topological polar surface area (TPSA) is 39.2 Å². The van der Waals surface area contributed by atoms with Crippen molar-refractivity contribution in [1.82, 2.24) is 4.98 Å². The van der Waals surface area contributed by atoms with Crippen LogP contribution >= 0.6 is 0 Å². The molecule has 0 aliphatic rings. The number of pyridine rings is 1. The van der Waals surface area contributed by atoms with Gasteiger partial charge in [-0.25, -0.2) is 4.39 Å². The molecule has 3 nitrogen and oxygen atoms in total. The zero-order valence-electron chi connectivity index (χ0n) is 7.24. The van der Waals surface area contributed by atoms with E-state index in [1.165, 1.54) is 19.3 Å². The van der Waals surface area contributed by atoms with Gasteiger partial charge >= 0.3 is 5.97 Å². The maximum atomic E-state index is 13.2. The minimum Gasteiger partial charge on any atom is -0.462 e. The second-order valence-corrected chi connectivity index (χ2v) is 2.55. The molecule has 0 aliphatic heterocycles. The van der Waals surface area contributed by atoms with E-state index < -0.39 is 12.1 Å². The van der Waals surface area contributed by atoms with E-state index in [9.17, 15) is 9.18 Å². The van der Waals surface area contributed by atoms with Crippen LogP contribution in [0.5, 0.6) is 0 Å². The van der Waals surface area contributed by atoms with Crippen LogP contribution in [0.25, 0.3) is 0 Å². The fourth-order valence-corrected chi connectivity index (χ4v) is 0.859. The van der Waals surface area contributed by atoms with Gasteiger partial charge in [0.15, 0.2) is 6.17 Å². The molecular weight excluding hydrogens is 173 g/mol. The van der Waals surface area contributed by atoms with Crippen molar-refractivity contribution >= 4 is 5.97 Å². The number of aromatic nitrogens is 1. The predicted molar refractivity (Wildman–Crippen MR) is 44.7 cm³/mol. The minimum atomic E-state index is -1.27. The summed E-state index contributed by atoms with van der Waals surface area (Å²) >= 11 is 0. The molecule has 0 radical (unpaired) electrons. The molecule has 70 valence electrons. The van der Waals surface area contributed by atoms with Crippen LogP contribution in [0, 0.1) is 0 Å². The first-order chi connectivity index (χ1) is 6.20. The van der Waals surface area contributed by atoms with E-state index in [2.05, 4.69) is 9.72 Å². The molecule has 1 heterocycles. The van der Waals surface area contributed by atoms with Gasteiger partial charge in [0.05, 0.1) is 0 Å². The molecule has 0 aromatic carbocycles. The number of ether oxygens (including phenoxy) is 1. The van der Waals surface area contributed by atoms with E-state index in [0.29, 0.717) is 5.56 Å². The van der Waals surface area contributed by atoms with Crippen molar-refractivity contribution in [2.75, 3.05) is 6.61 Å². The summed E-state index contributed by atoms with van der Waals surface area (Å²) in [4.78, 5) is 14.1. The fraction of sp³-hybridized carbons (Fsp3) is 0.333. The average Bonchev–Trinajstić information content (AvgIpc) is 2.15. The van der Waals surface area contributed by atoms with Crippen molar-refractivity contribution < 1.29 is 13.9 Å². The highest BCUT2D eigenvalue weighted by Crippen LogP contribution is 2.15. The van der Waals surface area contributed by atoms with Crippen molar-refractivity contribution in [3.05, 3.63) is 30.1 Å². The second-order valence-electron chi connectivity index (χ2n) is 2.55. The highest BCUT2D eigenvalue weighted by molar-refractivity contribution is 5.65. The Morgan fingerprint density at radius 1 is 1.62 bits per heavy atom. The third-order valence-electron chi connectivity index (χ3n) is 1.50. The summed E-state index contributed by atoms with van der Waals surface area (Å²) in [6, 6.07) is 3.10. The molecular formula is C9H10FNO2. The Balaban J connectivity index is 2.49. The molecule has 0 saturated carbocycles. The van der Waals surface area contributed by atoms with Gasteiger partial charge in [-0.2, -0.15) is 0 Å². The molecule has 1 aromatic rings. The zero-order valence-corrected chi connectivity index (χ0v) is 7.24.